The molecule has 0 bridgehead atoms. The van der Waals surface area contributed by atoms with Crippen molar-refractivity contribution in [3.05, 3.63) is 54.4 Å². The molecule has 2 heterocycles. The Hall–Kier alpha value is -2.29. The van der Waals surface area contributed by atoms with Crippen molar-refractivity contribution in [2.45, 2.75) is 6.92 Å². The lowest BCUT2D eigenvalue weighted by atomic mass is 10.1. The van der Waals surface area contributed by atoms with Crippen molar-refractivity contribution in [1.29, 1.82) is 0 Å². The zero-order chi connectivity index (χ0) is 11.8. The summed E-state index contributed by atoms with van der Waals surface area (Å²) in [6, 6.07) is 12.1. The Morgan fingerprint density at radius 3 is 2.88 bits per heavy atom. The SMILES string of the molecule is Cc1ccc(-c2ncc3ccccn23)cc1N. The van der Waals surface area contributed by atoms with Crippen molar-refractivity contribution in [3.63, 3.8) is 0 Å². The Kier molecular flexibility index (Phi) is 2.11. The number of nitrogens with zero attached hydrogens (tertiary/aromatic N) is 2. The highest BCUT2D eigenvalue weighted by molar-refractivity contribution is 5.67. The van der Waals surface area contributed by atoms with Crippen molar-refractivity contribution in [1.82, 2.24) is 9.38 Å². The van der Waals surface area contributed by atoms with E-state index in [1.807, 2.05) is 55.7 Å². The van der Waals surface area contributed by atoms with E-state index in [0.717, 1.165) is 28.2 Å². The smallest absolute Gasteiger partial charge is 0.144 e. The number of hydrogen-bond donors (Lipinski definition) is 1. The number of rotatable bonds is 1. The normalized spacial score (nSPS) is 10.9. The minimum Gasteiger partial charge on any atom is -0.398 e. The molecule has 0 fully saturated rings. The van der Waals surface area contributed by atoms with E-state index < -0.39 is 0 Å². The highest BCUT2D eigenvalue weighted by Gasteiger charge is 2.06. The summed E-state index contributed by atoms with van der Waals surface area (Å²) in [7, 11) is 0. The lowest BCUT2D eigenvalue weighted by molar-refractivity contribution is 1.16. The number of nitrogen functional groups attached to an aromatic ring is 1. The van der Waals surface area contributed by atoms with Crippen molar-refractivity contribution in [2.24, 2.45) is 0 Å². The molecule has 0 unspecified atom stereocenters. The number of nitrogens with two attached hydrogens (primary N) is 1. The predicted octanol–water partition coefficient (Wildman–Crippen LogP) is 2.89. The molecule has 0 spiro atoms. The maximum absolute atomic E-state index is 5.93. The molecular weight excluding hydrogens is 210 g/mol. The number of pyridine rings is 1. The van der Waals surface area contributed by atoms with Crippen LogP contribution in [0.3, 0.4) is 0 Å². The molecule has 2 N–H and O–H groups in total. The van der Waals surface area contributed by atoms with E-state index in [1.54, 1.807) is 0 Å². The maximum atomic E-state index is 5.93. The Morgan fingerprint density at radius 1 is 1.18 bits per heavy atom. The van der Waals surface area contributed by atoms with Gasteiger partial charge in [-0.05, 0) is 30.7 Å². The summed E-state index contributed by atoms with van der Waals surface area (Å²) in [5, 5.41) is 0. The van der Waals surface area contributed by atoms with Crippen LogP contribution in [0.4, 0.5) is 5.69 Å². The average molecular weight is 223 g/mol. The summed E-state index contributed by atoms with van der Waals surface area (Å²) in [5.74, 6) is 0.923. The summed E-state index contributed by atoms with van der Waals surface area (Å²) in [6.45, 7) is 2.00. The monoisotopic (exact) mass is 223 g/mol. The van der Waals surface area contributed by atoms with Crippen LogP contribution < -0.4 is 5.73 Å². The predicted molar refractivity (Wildman–Crippen MR) is 69.8 cm³/mol. The fourth-order valence-corrected chi connectivity index (χ4v) is 1.94. The molecular formula is C14H13N3. The minimum atomic E-state index is 0.801. The molecule has 0 aliphatic carbocycles. The van der Waals surface area contributed by atoms with Crippen molar-refractivity contribution >= 4 is 11.2 Å². The molecule has 3 nitrogen and oxygen atoms in total. The molecule has 0 saturated carbocycles. The second kappa shape index (κ2) is 3.63. The molecule has 0 radical (unpaired) electrons. The number of anilines is 1. The number of aromatic nitrogens is 2. The summed E-state index contributed by atoms with van der Waals surface area (Å²) in [4.78, 5) is 4.44. The van der Waals surface area contributed by atoms with Crippen LogP contribution in [-0.4, -0.2) is 9.38 Å². The van der Waals surface area contributed by atoms with Gasteiger partial charge in [0.05, 0.1) is 11.7 Å². The van der Waals surface area contributed by atoms with Crippen LogP contribution in [0, 0.1) is 6.92 Å². The number of benzene rings is 1. The summed E-state index contributed by atoms with van der Waals surface area (Å²) in [6.07, 6.45) is 3.87. The van der Waals surface area contributed by atoms with E-state index in [1.165, 1.54) is 0 Å². The molecule has 0 saturated heterocycles. The van der Waals surface area contributed by atoms with Gasteiger partial charge in [0.25, 0.3) is 0 Å². The van der Waals surface area contributed by atoms with E-state index >= 15 is 0 Å². The number of aryl methyl sites for hydroxylation is 1. The zero-order valence-electron chi connectivity index (χ0n) is 9.59. The molecule has 1 aromatic carbocycles. The molecule has 3 aromatic rings. The molecule has 0 amide bonds. The highest BCUT2D eigenvalue weighted by Crippen LogP contribution is 2.23. The summed E-state index contributed by atoms with van der Waals surface area (Å²) >= 11 is 0. The molecule has 84 valence electrons. The lowest BCUT2D eigenvalue weighted by Crippen LogP contribution is -1.93. The van der Waals surface area contributed by atoms with Gasteiger partial charge in [-0.3, -0.25) is 4.40 Å². The van der Waals surface area contributed by atoms with Crippen molar-refractivity contribution in [3.8, 4) is 11.4 Å². The van der Waals surface area contributed by atoms with Crippen LogP contribution in [0.5, 0.6) is 0 Å². The number of hydrogen-bond acceptors (Lipinski definition) is 2. The first-order valence-corrected chi connectivity index (χ1v) is 5.54. The molecule has 0 aliphatic heterocycles. The van der Waals surface area contributed by atoms with Crippen LogP contribution in [0.1, 0.15) is 5.56 Å². The third-order valence-corrected chi connectivity index (χ3v) is 2.98. The van der Waals surface area contributed by atoms with Gasteiger partial charge in [0, 0.05) is 17.4 Å². The molecule has 2 aromatic heterocycles. The fraction of sp³-hybridized carbons (Fsp3) is 0.0714. The molecule has 3 rings (SSSR count). The standard InChI is InChI=1S/C14H13N3/c1-10-5-6-11(8-13(10)15)14-16-9-12-4-2-3-7-17(12)14/h2-9H,15H2,1H3. The van der Waals surface area contributed by atoms with Gasteiger partial charge in [0.2, 0.25) is 0 Å². The first kappa shape index (κ1) is 9.90. The minimum absolute atomic E-state index is 0.801. The third kappa shape index (κ3) is 1.56. The van der Waals surface area contributed by atoms with Gasteiger partial charge >= 0.3 is 0 Å². The summed E-state index contributed by atoms with van der Waals surface area (Å²) < 4.78 is 2.06. The van der Waals surface area contributed by atoms with E-state index in [9.17, 15) is 0 Å². The molecule has 0 aliphatic rings. The second-order valence-corrected chi connectivity index (χ2v) is 4.15. The van der Waals surface area contributed by atoms with Gasteiger partial charge in [-0.1, -0.05) is 18.2 Å². The Labute approximate surface area is 99.5 Å². The van der Waals surface area contributed by atoms with Crippen LogP contribution in [0.15, 0.2) is 48.8 Å². The second-order valence-electron chi connectivity index (χ2n) is 4.15. The number of fused-ring (bicyclic) bond motifs is 1. The van der Waals surface area contributed by atoms with E-state index in [2.05, 4.69) is 9.38 Å². The Morgan fingerprint density at radius 2 is 2.06 bits per heavy atom. The molecule has 17 heavy (non-hydrogen) atoms. The lowest BCUT2D eigenvalue weighted by Gasteiger charge is -2.04. The van der Waals surface area contributed by atoms with Crippen LogP contribution in [-0.2, 0) is 0 Å². The Balaban J connectivity index is 2.24. The van der Waals surface area contributed by atoms with Crippen molar-refractivity contribution in [2.75, 3.05) is 5.73 Å². The first-order valence-electron chi connectivity index (χ1n) is 5.54. The average Bonchev–Trinajstić information content (AvgIpc) is 2.76. The van der Waals surface area contributed by atoms with Crippen LogP contribution in [0.25, 0.3) is 16.9 Å². The summed E-state index contributed by atoms with van der Waals surface area (Å²) in [5.41, 5.74) is 9.95. The third-order valence-electron chi connectivity index (χ3n) is 2.98. The highest BCUT2D eigenvalue weighted by atomic mass is 15.0. The van der Waals surface area contributed by atoms with Gasteiger partial charge in [0.1, 0.15) is 5.82 Å². The Bertz CT molecular complexity index is 683. The quantitative estimate of drug-likeness (QED) is 0.644. The topological polar surface area (TPSA) is 43.3 Å². The van der Waals surface area contributed by atoms with Crippen LogP contribution in [0.2, 0.25) is 0 Å². The van der Waals surface area contributed by atoms with E-state index in [-0.39, 0.29) is 0 Å². The number of imidazole rings is 1. The fourth-order valence-electron chi connectivity index (χ4n) is 1.94. The van der Waals surface area contributed by atoms with Crippen molar-refractivity contribution < 1.29 is 0 Å². The van der Waals surface area contributed by atoms with Gasteiger partial charge in [-0.2, -0.15) is 0 Å². The van der Waals surface area contributed by atoms with E-state index in [0.29, 0.717) is 0 Å². The first-order chi connectivity index (χ1) is 8.25. The van der Waals surface area contributed by atoms with Gasteiger partial charge in [-0.25, -0.2) is 4.98 Å². The van der Waals surface area contributed by atoms with Crippen LogP contribution >= 0.6 is 0 Å². The van der Waals surface area contributed by atoms with Gasteiger partial charge in [-0.15, -0.1) is 0 Å². The van der Waals surface area contributed by atoms with Gasteiger partial charge < -0.3 is 5.73 Å². The maximum Gasteiger partial charge on any atom is 0.144 e. The zero-order valence-corrected chi connectivity index (χ0v) is 9.59. The molecule has 3 heteroatoms. The largest absolute Gasteiger partial charge is 0.398 e. The molecule has 0 atom stereocenters. The van der Waals surface area contributed by atoms with E-state index in [4.69, 9.17) is 5.73 Å². The van der Waals surface area contributed by atoms with Gasteiger partial charge in [0.15, 0.2) is 0 Å².